The molecule has 8 heteroatoms. The standard InChI is InChI=1S/C29H39N7O/c1-6-8-10-23(9-7-2)36-29-25(28(31)33-17-34-29)26(30)21-11-13-22(14-12-21)35-18-37-27-20(4)15-19(3)16-24(27)32-5/h11-17,23,30,35H,5-10,18H2,1-4H3,(H3,31,33,34,36). The van der Waals surface area contributed by atoms with E-state index >= 15 is 0 Å². The Morgan fingerprint density at radius 3 is 2.54 bits per heavy atom. The quantitative estimate of drug-likeness (QED) is 0.145. The summed E-state index contributed by atoms with van der Waals surface area (Å²) in [5.74, 6) is 1.62. The highest BCUT2D eigenvalue weighted by Gasteiger charge is 2.19. The molecular weight excluding hydrogens is 462 g/mol. The van der Waals surface area contributed by atoms with E-state index in [1.807, 2.05) is 44.2 Å². The van der Waals surface area contributed by atoms with Gasteiger partial charge in [0.1, 0.15) is 29.4 Å². The van der Waals surface area contributed by atoms with Crippen LogP contribution in [0.3, 0.4) is 0 Å². The summed E-state index contributed by atoms with van der Waals surface area (Å²) in [6, 6.07) is 11.9. The molecule has 0 radical (unpaired) electrons. The minimum atomic E-state index is 0.271. The highest BCUT2D eigenvalue weighted by molar-refractivity contribution is 6.16. The van der Waals surface area contributed by atoms with Gasteiger partial charge in [0.05, 0.1) is 11.3 Å². The second kappa shape index (κ2) is 13.4. The molecule has 0 fully saturated rings. The number of rotatable bonds is 14. The average Bonchev–Trinajstić information content (AvgIpc) is 2.88. The number of nitrogen functional groups attached to an aromatic ring is 1. The van der Waals surface area contributed by atoms with Crippen LogP contribution in [0.25, 0.3) is 0 Å². The maximum atomic E-state index is 8.88. The van der Waals surface area contributed by atoms with Gasteiger partial charge in [-0.15, -0.1) is 0 Å². The zero-order valence-electron chi connectivity index (χ0n) is 22.4. The van der Waals surface area contributed by atoms with Crippen molar-refractivity contribution >= 4 is 35.4 Å². The van der Waals surface area contributed by atoms with Crippen molar-refractivity contribution in [3.05, 3.63) is 65.0 Å². The Morgan fingerprint density at radius 1 is 1.11 bits per heavy atom. The first-order valence-corrected chi connectivity index (χ1v) is 12.9. The third-order valence-electron chi connectivity index (χ3n) is 6.25. The molecule has 0 aliphatic heterocycles. The lowest BCUT2D eigenvalue weighted by Gasteiger charge is -2.21. The second-order valence-corrected chi connectivity index (χ2v) is 9.26. The zero-order valence-corrected chi connectivity index (χ0v) is 22.4. The molecule has 5 N–H and O–H groups in total. The SMILES string of the molecule is C=Nc1cc(C)cc(C)c1OCNc1ccc(C(=N)c2c(N)ncnc2NC(CCC)CCCC)cc1. The van der Waals surface area contributed by atoms with E-state index in [4.69, 9.17) is 15.9 Å². The van der Waals surface area contributed by atoms with Crippen LogP contribution in [-0.4, -0.2) is 35.2 Å². The Kier molecular flexibility index (Phi) is 10.0. The summed E-state index contributed by atoms with van der Waals surface area (Å²) in [5.41, 5.74) is 11.5. The van der Waals surface area contributed by atoms with Crippen LogP contribution in [0.15, 0.2) is 47.7 Å². The summed E-state index contributed by atoms with van der Waals surface area (Å²) in [7, 11) is 0. The normalized spacial score (nSPS) is 11.6. The molecule has 0 bridgehead atoms. The third kappa shape index (κ3) is 7.29. The molecule has 8 nitrogen and oxygen atoms in total. The highest BCUT2D eigenvalue weighted by atomic mass is 16.5. The number of nitrogens with two attached hydrogens (primary N) is 1. The van der Waals surface area contributed by atoms with Crippen molar-refractivity contribution in [2.24, 2.45) is 4.99 Å². The first kappa shape index (κ1) is 27.6. The Labute approximate surface area is 220 Å². The Bertz CT molecular complexity index is 1210. The molecular formula is C29H39N7O. The lowest BCUT2D eigenvalue weighted by molar-refractivity contribution is 0.345. The number of unbranched alkanes of at least 4 members (excludes halogenated alkanes) is 1. The van der Waals surface area contributed by atoms with Crippen molar-refractivity contribution in [2.45, 2.75) is 65.8 Å². The fourth-order valence-corrected chi connectivity index (χ4v) is 4.36. The average molecular weight is 502 g/mol. The molecule has 37 heavy (non-hydrogen) atoms. The van der Waals surface area contributed by atoms with Crippen molar-refractivity contribution in [1.82, 2.24) is 9.97 Å². The number of anilines is 3. The van der Waals surface area contributed by atoms with E-state index in [2.05, 4.69) is 52.2 Å². The molecule has 196 valence electrons. The van der Waals surface area contributed by atoms with Crippen LogP contribution in [0, 0.1) is 19.3 Å². The van der Waals surface area contributed by atoms with E-state index in [1.165, 1.54) is 6.33 Å². The molecule has 1 heterocycles. The highest BCUT2D eigenvalue weighted by Crippen LogP contribution is 2.32. The second-order valence-electron chi connectivity index (χ2n) is 9.26. The molecule has 0 saturated carbocycles. The third-order valence-corrected chi connectivity index (χ3v) is 6.25. The number of ether oxygens (including phenoxy) is 1. The van der Waals surface area contributed by atoms with E-state index in [0.29, 0.717) is 22.9 Å². The van der Waals surface area contributed by atoms with Crippen molar-refractivity contribution in [2.75, 3.05) is 23.1 Å². The Morgan fingerprint density at radius 2 is 1.86 bits per heavy atom. The number of aromatic nitrogens is 2. The van der Waals surface area contributed by atoms with Crippen LogP contribution < -0.4 is 21.1 Å². The van der Waals surface area contributed by atoms with Gasteiger partial charge in [0.25, 0.3) is 0 Å². The van der Waals surface area contributed by atoms with E-state index in [0.717, 1.165) is 60.2 Å². The first-order chi connectivity index (χ1) is 17.9. The topological polar surface area (TPSA) is 121 Å². The zero-order chi connectivity index (χ0) is 26.8. The molecule has 1 aromatic heterocycles. The predicted octanol–water partition coefficient (Wildman–Crippen LogP) is 6.64. The minimum Gasteiger partial charge on any atom is -0.471 e. The summed E-state index contributed by atoms with van der Waals surface area (Å²) in [6.45, 7) is 12.3. The van der Waals surface area contributed by atoms with E-state index < -0.39 is 0 Å². The van der Waals surface area contributed by atoms with Gasteiger partial charge in [-0.2, -0.15) is 0 Å². The first-order valence-electron chi connectivity index (χ1n) is 12.9. The Balaban J connectivity index is 1.71. The van der Waals surface area contributed by atoms with Crippen molar-refractivity contribution in [3.63, 3.8) is 0 Å². The number of hydrogen-bond donors (Lipinski definition) is 4. The van der Waals surface area contributed by atoms with Gasteiger partial charge in [-0.1, -0.05) is 51.3 Å². The van der Waals surface area contributed by atoms with Crippen LogP contribution in [0.2, 0.25) is 0 Å². The van der Waals surface area contributed by atoms with Gasteiger partial charge in [0.2, 0.25) is 0 Å². The van der Waals surface area contributed by atoms with Gasteiger partial charge in [-0.3, -0.25) is 10.4 Å². The summed E-state index contributed by atoms with van der Waals surface area (Å²) in [4.78, 5) is 12.7. The van der Waals surface area contributed by atoms with Crippen LogP contribution >= 0.6 is 0 Å². The summed E-state index contributed by atoms with van der Waals surface area (Å²) < 4.78 is 5.95. The van der Waals surface area contributed by atoms with E-state index in [-0.39, 0.29) is 18.5 Å². The summed E-state index contributed by atoms with van der Waals surface area (Å²) in [6.07, 6.45) is 6.88. The van der Waals surface area contributed by atoms with Crippen molar-refractivity contribution in [3.8, 4) is 5.75 Å². The van der Waals surface area contributed by atoms with Crippen molar-refractivity contribution < 1.29 is 4.74 Å². The van der Waals surface area contributed by atoms with Crippen LogP contribution in [-0.2, 0) is 0 Å². The molecule has 1 atom stereocenters. The maximum Gasteiger partial charge on any atom is 0.159 e. The van der Waals surface area contributed by atoms with Crippen molar-refractivity contribution in [1.29, 1.82) is 5.41 Å². The molecule has 3 rings (SSSR count). The fraction of sp³-hybridized carbons (Fsp3) is 0.379. The van der Waals surface area contributed by atoms with Gasteiger partial charge in [-0.25, -0.2) is 9.97 Å². The van der Waals surface area contributed by atoms with Gasteiger partial charge in [0.15, 0.2) is 6.73 Å². The number of aliphatic imine (C=N–C) groups is 1. The largest absolute Gasteiger partial charge is 0.471 e. The number of nitrogens with one attached hydrogen (secondary N) is 3. The lowest BCUT2D eigenvalue weighted by Crippen LogP contribution is -2.23. The van der Waals surface area contributed by atoms with Crippen LogP contribution in [0.1, 0.15) is 68.2 Å². The van der Waals surface area contributed by atoms with Gasteiger partial charge in [0, 0.05) is 17.3 Å². The smallest absolute Gasteiger partial charge is 0.159 e. The molecule has 0 saturated heterocycles. The molecule has 1 unspecified atom stereocenters. The van der Waals surface area contributed by atoms with Gasteiger partial charge in [-0.05, 0) is 62.7 Å². The number of aryl methyl sites for hydroxylation is 2. The van der Waals surface area contributed by atoms with Gasteiger partial charge >= 0.3 is 0 Å². The maximum absolute atomic E-state index is 8.88. The lowest BCUT2D eigenvalue weighted by atomic mass is 10.0. The van der Waals surface area contributed by atoms with Gasteiger partial charge < -0.3 is 21.1 Å². The van der Waals surface area contributed by atoms with Crippen LogP contribution in [0.4, 0.5) is 23.0 Å². The predicted molar refractivity (Wildman–Crippen MR) is 155 cm³/mol. The molecule has 0 spiro atoms. The minimum absolute atomic E-state index is 0.271. The van der Waals surface area contributed by atoms with E-state index in [1.54, 1.807) is 0 Å². The molecule has 2 aromatic carbocycles. The summed E-state index contributed by atoms with van der Waals surface area (Å²) >= 11 is 0. The number of nitrogens with zero attached hydrogens (tertiary/aromatic N) is 3. The monoisotopic (exact) mass is 501 g/mol. The fourth-order valence-electron chi connectivity index (χ4n) is 4.36. The number of benzene rings is 2. The molecule has 3 aromatic rings. The molecule has 0 aliphatic carbocycles. The number of hydrogen-bond acceptors (Lipinski definition) is 8. The van der Waals surface area contributed by atoms with Crippen LogP contribution in [0.5, 0.6) is 5.75 Å². The Hall–Kier alpha value is -3.94. The molecule has 0 aliphatic rings. The summed E-state index contributed by atoms with van der Waals surface area (Å²) in [5, 5.41) is 15.7. The van der Waals surface area contributed by atoms with E-state index in [9.17, 15) is 0 Å². The molecule has 0 amide bonds.